The maximum Gasteiger partial charge on any atom is 0.322 e. The molecule has 0 atom stereocenters. The molecular weight excluding hydrogens is 367 g/mol. The Hall–Kier alpha value is -2.56. The van der Waals surface area contributed by atoms with Gasteiger partial charge in [-0.2, -0.15) is 0 Å². The van der Waals surface area contributed by atoms with Gasteiger partial charge in [0, 0.05) is 17.3 Å². The molecule has 4 nitrogen and oxygen atoms in total. The molecule has 0 aliphatic heterocycles. The highest BCUT2D eigenvalue weighted by molar-refractivity contribution is 5.89. The highest BCUT2D eigenvalue weighted by Crippen LogP contribution is 2.26. The summed E-state index contributed by atoms with van der Waals surface area (Å²) in [4.78, 5) is 14.9. The van der Waals surface area contributed by atoms with Gasteiger partial charge in [0.15, 0.2) is 0 Å². The second-order valence-electron chi connectivity index (χ2n) is 7.67. The third-order valence-corrected chi connectivity index (χ3v) is 5.45. The summed E-state index contributed by atoms with van der Waals surface area (Å²) in [5.41, 5.74) is 1.26. The van der Waals surface area contributed by atoms with Crippen LogP contribution in [0.3, 0.4) is 0 Å². The minimum atomic E-state index is -0.269. The number of halogens is 1. The Morgan fingerprint density at radius 2 is 1.83 bits per heavy atom. The molecule has 0 unspecified atom stereocenters. The molecule has 2 amide bonds. The summed E-state index contributed by atoms with van der Waals surface area (Å²) >= 11 is 0. The van der Waals surface area contributed by atoms with Crippen molar-refractivity contribution in [2.75, 3.05) is 11.9 Å². The zero-order valence-corrected chi connectivity index (χ0v) is 17.2. The zero-order valence-electron chi connectivity index (χ0n) is 17.2. The van der Waals surface area contributed by atoms with Crippen molar-refractivity contribution in [1.82, 2.24) is 4.90 Å². The molecular formula is C24H31FN2O2. The van der Waals surface area contributed by atoms with E-state index in [0.29, 0.717) is 17.9 Å². The number of carbonyl (C=O) groups excluding carboxylic acids is 1. The average molecular weight is 399 g/mol. The van der Waals surface area contributed by atoms with Crippen LogP contribution in [0.4, 0.5) is 14.9 Å². The topological polar surface area (TPSA) is 41.6 Å². The first-order valence-corrected chi connectivity index (χ1v) is 10.7. The quantitative estimate of drug-likeness (QED) is 0.525. The summed E-state index contributed by atoms with van der Waals surface area (Å²) in [5.74, 6) is 0.529. The standard InChI is InChI=1S/C24H31FN2O2/c1-2-3-17-29-22-15-13-20(14-16-22)26-24(28)27(21-10-5-4-6-11-21)18-19-9-7-8-12-23(19)25/h7-9,12-16,21H,2-6,10-11,17-18H2,1H3,(H,26,28). The van der Waals surface area contributed by atoms with Crippen LogP contribution in [0.5, 0.6) is 5.75 Å². The number of nitrogens with one attached hydrogen (secondary N) is 1. The van der Waals surface area contributed by atoms with Crippen LogP contribution in [0.15, 0.2) is 48.5 Å². The van der Waals surface area contributed by atoms with Crippen molar-refractivity contribution in [1.29, 1.82) is 0 Å². The molecule has 1 fully saturated rings. The number of urea groups is 1. The van der Waals surface area contributed by atoms with E-state index in [1.54, 1.807) is 17.0 Å². The van der Waals surface area contributed by atoms with E-state index in [4.69, 9.17) is 4.74 Å². The molecule has 29 heavy (non-hydrogen) atoms. The van der Waals surface area contributed by atoms with E-state index in [-0.39, 0.29) is 24.4 Å². The molecule has 0 aromatic heterocycles. The van der Waals surface area contributed by atoms with E-state index in [0.717, 1.165) is 44.3 Å². The van der Waals surface area contributed by atoms with Crippen molar-refractivity contribution in [3.63, 3.8) is 0 Å². The Kier molecular flexibility index (Phi) is 7.91. The maximum atomic E-state index is 14.2. The molecule has 0 spiro atoms. The van der Waals surface area contributed by atoms with E-state index in [9.17, 15) is 9.18 Å². The predicted molar refractivity (Wildman–Crippen MR) is 115 cm³/mol. The number of amides is 2. The van der Waals surface area contributed by atoms with Crippen LogP contribution in [0, 0.1) is 5.82 Å². The third-order valence-electron chi connectivity index (χ3n) is 5.45. The Balaban J connectivity index is 1.68. The molecule has 1 N–H and O–H groups in total. The van der Waals surface area contributed by atoms with Crippen LogP contribution in [-0.2, 0) is 6.54 Å². The number of anilines is 1. The number of hydrogen-bond acceptors (Lipinski definition) is 2. The van der Waals surface area contributed by atoms with Crippen LogP contribution in [0.1, 0.15) is 57.4 Å². The molecule has 1 saturated carbocycles. The van der Waals surface area contributed by atoms with Gasteiger partial charge in [-0.25, -0.2) is 9.18 Å². The Bertz CT molecular complexity index is 773. The predicted octanol–water partition coefficient (Wildman–Crippen LogP) is 6.37. The van der Waals surface area contributed by atoms with E-state index in [1.165, 1.54) is 12.5 Å². The van der Waals surface area contributed by atoms with Crippen molar-refractivity contribution < 1.29 is 13.9 Å². The number of carbonyl (C=O) groups is 1. The van der Waals surface area contributed by atoms with Crippen LogP contribution in [0.2, 0.25) is 0 Å². The fraction of sp³-hybridized carbons (Fsp3) is 0.458. The summed E-state index contributed by atoms with van der Waals surface area (Å²) in [6, 6.07) is 14.1. The number of benzene rings is 2. The second kappa shape index (κ2) is 10.8. The molecule has 5 heteroatoms. The van der Waals surface area contributed by atoms with Gasteiger partial charge < -0.3 is 15.0 Å². The monoisotopic (exact) mass is 398 g/mol. The first-order chi connectivity index (χ1) is 14.2. The van der Waals surface area contributed by atoms with Crippen molar-refractivity contribution in [2.24, 2.45) is 0 Å². The van der Waals surface area contributed by atoms with Crippen molar-refractivity contribution >= 4 is 11.7 Å². The fourth-order valence-electron chi connectivity index (χ4n) is 3.73. The molecule has 2 aromatic carbocycles. The number of ether oxygens (including phenoxy) is 1. The minimum absolute atomic E-state index is 0.139. The van der Waals surface area contributed by atoms with Gasteiger partial charge in [0.05, 0.1) is 13.2 Å². The van der Waals surface area contributed by atoms with E-state index < -0.39 is 0 Å². The van der Waals surface area contributed by atoms with Gasteiger partial charge in [-0.3, -0.25) is 0 Å². The fourth-order valence-corrected chi connectivity index (χ4v) is 3.73. The molecule has 156 valence electrons. The van der Waals surface area contributed by atoms with Gasteiger partial charge in [-0.15, -0.1) is 0 Å². The van der Waals surface area contributed by atoms with Crippen molar-refractivity contribution in [3.05, 3.63) is 59.9 Å². The molecule has 0 radical (unpaired) electrons. The number of rotatable bonds is 8. The maximum absolute atomic E-state index is 14.2. The molecule has 2 aromatic rings. The zero-order chi connectivity index (χ0) is 20.5. The lowest BCUT2D eigenvalue weighted by Crippen LogP contribution is -2.43. The summed E-state index contributed by atoms with van der Waals surface area (Å²) in [5, 5.41) is 2.98. The summed E-state index contributed by atoms with van der Waals surface area (Å²) in [6.07, 6.45) is 7.45. The van der Waals surface area contributed by atoms with E-state index >= 15 is 0 Å². The van der Waals surface area contributed by atoms with Gasteiger partial charge >= 0.3 is 6.03 Å². The summed E-state index contributed by atoms with van der Waals surface area (Å²) in [6.45, 7) is 3.10. The molecule has 0 bridgehead atoms. The Morgan fingerprint density at radius 3 is 2.52 bits per heavy atom. The van der Waals surface area contributed by atoms with Crippen molar-refractivity contribution in [2.45, 2.75) is 64.5 Å². The van der Waals surface area contributed by atoms with E-state index in [2.05, 4.69) is 12.2 Å². The Morgan fingerprint density at radius 1 is 1.10 bits per heavy atom. The van der Waals surface area contributed by atoms with Gasteiger partial charge in [0.2, 0.25) is 0 Å². The first-order valence-electron chi connectivity index (χ1n) is 10.7. The van der Waals surface area contributed by atoms with Gasteiger partial charge in [-0.1, -0.05) is 50.8 Å². The lowest BCUT2D eigenvalue weighted by Gasteiger charge is -2.34. The lowest BCUT2D eigenvalue weighted by atomic mass is 9.94. The van der Waals surface area contributed by atoms with Crippen molar-refractivity contribution in [3.8, 4) is 5.75 Å². The normalized spacial score (nSPS) is 14.4. The molecule has 1 aliphatic carbocycles. The smallest absolute Gasteiger partial charge is 0.322 e. The number of unbranched alkanes of at least 4 members (excludes halogenated alkanes) is 1. The molecule has 0 saturated heterocycles. The molecule has 3 rings (SSSR count). The first kappa shape index (κ1) is 21.2. The SMILES string of the molecule is CCCCOc1ccc(NC(=O)N(Cc2ccccc2F)C2CCCCC2)cc1. The van der Waals surface area contributed by atoms with Gasteiger partial charge in [-0.05, 0) is 49.6 Å². The Labute approximate surface area is 173 Å². The number of nitrogens with zero attached hydrogens (tertiary/aromatic N) is 1. The third kappa shape index (κ3) is 6.21. The van der Waals surface area contributed by atoms with Gasteiger partial charge in [0.1, 0.15) is 11.6 Å². The minimum Gasteiger partial charge on any atom is -0.494 e. The highest BCUT2D eigenvalue weighted by Gasteiger charge is 2.26. The summed E-state index contributed by atoms with van der Waals surface area (Å²) < 4.78 is 19.9. The molecule has 0 heterocycles. The van der Waals surface area contributed by atoms with Gasteiger partial charge in [0.25, 0.3) is 0 Å². The van der Waals surface area contributed by atoms with Crippen LogP contribution < -0.4 is 10.1 Å². The number of hydrogen-bond donors (Lipinski definition) is 1. The summed E-state index contributed by atoms with van der Waals surface area (Å²) in [7, 11) is 0. The molecule has 1 aliphatic rings. The lowest BCUT2D eigenvalue weighted by molar-refractivity contribution is 0.162. The highest BCUT2D eigenvalue weighted by atomic mass is 19.1. The van der Waals surface area contributed by atoms with Crippen LogP contribution in [-0.4, -0.2) is 23.6 Å². The van der Waals surface area contributed by atoms with E-state index in [1.807, 2.05) is 30.3 Å². The van der Waals surface area contributed by atoms with Crippen LogP contribution >= 0.6 is 0 Å². The second-order valence-corrected chi connectivity index (χ2v) is 7.67. The van der Waals surface area contributed by atoms with Crippen LogP contribution in [0.25, 0.3) is 0 Å². The average Bonchev–Trinajstić information content (AvgIpc) is 2.75. The largest absolute Gasteiger partial charge is 0.494 e.